The molecule has 1 amide bonds. The summed E-state index contributed by atoms with van der Waals surface area (Å²) in [5.41, 5.74) is 5.49. The summed E-state index contributed by atoms with van der Waals surface area (Å²) in [4.78, 5) is 23.7. The maximum atomic E-state index is 11.5. The molecular formula is C9H16N2O3. The van der Waals surface area contributed by atoms with Crippen LogP contribution in [-0.4, -0.2) is 41.0 Å². The maximum Gasteiger partial charge on any atom is 0.308 e. The number of nitrogens with two attached hydrogens (primary N) is 1. The van der Waals surface area contributed by atoms with Crippen molar-refractivity contribution in [2.75, 3.05) is 13.1 Å². The van der Waals surface area contributed by atoms with E-state index in [4.69, 9.17) is 10.8 Å². The Morgan fingerprint density at radius 2 is 2.29 bits per heavy atom. The molecule has 5 nitrogen and oxygen atoms in total. The van der Waals surface area contributed by atoms with Gasteiger partial charge in [0, 0.05) is 25.6 Å². The first-order valence-electron chi connectivity index (χ1n) is 4.77. The molecule has 5 heteroatoms. The minimum absolute atomic E-state index is 0.0382. The average Bonchev–Trinajstić information content (AvgIpc) is 2.50. The topological polar surface area (TPSA) is 83.6 Å². The first-order chi connectivity index (χ1) is 6.50. The Bertz CT molecular complexity index is 240. The molecule has 0 aromatic heterocycles. The molecule has 80 valence electrons. The lowest BCUT2D eigenvalue weighted by Gasteiger charge is -2.16. The highest BCUT2D eigenvalue weighted by atomic mass is 16.4. The Balaban J connectivity index is 2.42. The Kier molecular flexibility index (Phi) is 3.46. The normalized spacial score (nSPS) is 23.6. The number of carboxylic acids is 1. The van der Waals surface area contributed by atoms with E-state index in [1.165, 1.54) is 0 Å². The SMILES string of the molecule is CC(N)CC(=O)N1CCC(C(=O)O)C1. The van der Waals surface area contributed by atoms with E-state index < -0.39 is 11.9 Å². The van der Waals surface area contributed by atoms with E-state index in [1.54, 1.807) is 11.8 Å². The van der Waals surface area contributed by atoms with E-state index in [2.05, 4.69) is 0 Å². The van der Waals surface area contributed by atoms with Crippen molar-refractivity contribution in [3.8, 4) is 0 Å². The molecule has 14 heavy (non-hydrogen) atoms. The van der Waals surface area contributed by atoms with Gasteiger partial charge in [0.25, 0.3) is 0 Å². The fourth-order valence-corrected chi connectivity index (χ4v) is 1.59. The zero-order valence-electron chi connectivity index (χ0n) is 8.27. The van der Waals surface area contributed by atoms with Crippen LogP contribution in [-0.2, 0) is 9.59 Å². The summed E-state index contributed by atoms with van der Waals surface area (Å²) in [5, 5.41) is 8.73. The number of hydrogen-bond donors (Lipinski definition) is 2. The summed E-state index contributed by atoms with van der Waals surface area (Å²) in [7, 11) is 0. The van der Waals surface area contributed by atoms with Crippen LogP contribution >= 0.6 is 0 Å². The van der Waals surface area contributed by atoms with Crippen LogP contribution in [0.3, 0.4) is 0 Å². The third-order valence-corrected chi connectivity index (χ3v) is 2.39. The Morgan fingerprint density at radius 1 is 1.64 bits per heavy atom. The number of aliphatic carboxylic acids is 1. The number of amides is 1. The minimum Gasteiger partial charge on any atom is -0.481 e. The Morgan fingerprint density at radius 3 is 2.71 bits per heavy atom. The van der Waals surface area contributed by atoms with Gasteiger partial charge in [0.05, 0.1) is 5.92 Å². The highest BCUT2D eigenvalue weighted by molar-refractivity contribution is 5.79. The third kappa shape index (κ3) is 2.70. The van der Waals surface area contributed by atoms with Crippen LogP contribution in [0.25, 0.3) is 0 Å². The second-order valence-corrected chi connectivity index (χ2v) is 3.84. The average molecular weight is 200 g/mol. The minimum atomic E-state index is -0.818. The number of rotatable bonds is 3. The van der Waals surface area contributed by atoms with E-state index in [0.29, 0.717) is 25.9 Å². The van der Waals surface area contributed by atoms with Gasteiger partial charge in [-0.3, -0.25) is 9.59 Å². The molecule has 3 N–H and O–H groups in total. The zero-order chi connectivity index (χ0) is 10.7. The smallest absolute Gasteiger partial charge is 0.308 e. The highest BCUT2D eigenvalue weighted by Crippen LogP contribution is 2.17. The van der Waals surface area contributed by atoms with E-state index in [1.807, 2.05) is 0 Å². The van der Waals surface area contributed by atoms with E-state index in [-0.39, 0.29) is 11.9 Å². The Labute approximate surface area is 82.9 Å². The van der Waals surface area contributed by atoms with Crippen molar-refractivity contribution in [3.05, 3.63) is 0 Å². The van der Waals surface area contributed by atoms with Crippen molar-refractivity contribution >= 4 is 11.9 Å². The number of carboxylic acid groups (broad SMARTS) is 1. The Hall–Kier alpha value is -1.10. The number of likely N-dealkylation sites (tertiary alicyclic amines) is 1. The van der Waals surface area contributed by atoms with Crippen LogP contribution in [0.2, 0.25) is 0 Å². The van der Waals surface area contributed by atoms with Crippen molar-refractivity contribution in [1.82, 2.24) is 4.90 Å². The molecule has 1 heterocycles. The third-order valence-electron chi connectivity index (χ3n) is 2.39. The van der Waals surface area contributed by atoms with Gasteiger partial charge in [-0.05, 0) is 13.3 Å². The molecule has 1 fully saturated rings. The predicted octanol–water partition coefficient (Wildman–Crippen LogP) is -0.343. The summed E-state index contributed by atoms with van der Waals surface area (Å²) < 4.78 is 0. The zero-order valence-corrected chi connectivity index (χ0v) is 8.27. The standard InChI is InChI=1S/C9H16N2O3/c1-6(10)4-8(12)11-3-2-7(5-11)9(13)14/h6-7H,2-5,10H2,1H3,(H,13,14). The van der Waals surface area contributed by atoms with Gasteiger partial charge in [-0.25, -0.2) is 0 Å². The van der Waals surface area contributed by atoms with Crippen molar-refractivity contribution in [1.29, 1.82) is 0 Å². The summed E-state index contributed by atoms with van der Waals surface area (Å²) in [6.07, 6.45) is 0.854. The van der Waals surface area contributed by atoms with Gasteiger partial charge < -0.3 is 15.7 Å². The quantitative estimate of drug-likeness (QED) is 0.652. The van der Waals surface area contributed by atoms with Crippen molar-refractivity contribution in [2.45, 2.75) is 25.8 Å². The lowest BCUT2D eigenvalue weighted by Crippen LogP contribution is -2.33. The van der Waals surface area contributed by atoms with Crippen molar-refractivity contribution in [2.24, 2.45) is 11.7 Å². The lowest BCUT2D eigenvalue weighted by atomic mass is 10.1. The molecule has 0 aliphatic carbocycles. The van der Waals surface area contributed by atoms with Gasteiger partial charge in [0.15, 0.2) is 0 Å². The molecule has 1 aliphatic heterocycles. The predicted molar refractivity (Wildman–Crippen MR) is 50.6 cm³/mol. The molecule has 0 spiro atoms. The van der Waals surface area contributed by atoms with Crippen LogP contribution in [0, 0.1) is 5.92 Å². The van der Waals surface area contributed by atoms with Crippen LogP contribution in [0.1, 0.15) is 19.8 Å². The molecule has 0 aromatic carbocycles. The van der Waals surface area contributed by atoms with Crippen LogP contribution in [0.4, 0.5) is 0 Å². The molecule has 0 radical (unpaired) electrons. The molecular weight excluding hydrogens is 184 g/mol. The fourth-order valence-electron chi connectivity index (χ4n) is 1.59. The van der Waals surface area contributed by atoms with E-state index in [9.17, 15) is 9.59 Å². The van der Waals surface area contributed by atoms with Crippen LogP contribution in [0.15, 0.2) is 0 Å². The van der Waals surface area contributed by atoms with Gasteiger partial charge >= 0.3 is 5.97 Å². The molecule has 0 bridgehead atoms. The van der Waals surface area contributed by atoms with Gasteiger partial charge in [0.2, 0.25) is 5.91 Å². The van der Waals surface area contributed by atoms with Crippen LogP contribution < -0.4 is 5.73 Å². The molecule has 1 aliphatic rings. The molecule has 1 saturated heterocycles. The van der Waals surface area contributed by atoms with Crippen molar-refractivity contribution < 1.29 is 14.7 Å². The van der Waals surface area contributed by atoms with Gasteiger partial charge in [-0.1, -0.05) is 0 Å². The summed E-state index contributed by atoms with van der Waals surface area (Å²) in [5.74, 6) is -1.25. The lowest BCUT2D eigenvalue weighted by molar-refractivity contribution is -0.141. The molecule has 2 unspecified atom stereocenters. The van der Waals surface area contributed by atoms with E-state index >= 15 is 0 Å². The summed E-state index contributed by atoms with van der Waals surface area (Å²) in [6, 6.07) is -0.161. The summed E-state index contributed by atoms with van der Waals surface area (Å²) >= 11 is 0. The van der Waals surface area contributed by atoms with Crippen molar-refractivity contribution in [3.63, 3.8) is 0 Å². The first-order valence-corrected chi connectivity index (χ1v) is 4.77. The largest absolute Gasteiger partial charge is 0.481 e. The number of carbonyl (C=O) groups is 2. The van der Waals surface area contributed by atoms with Gasteiger partial charge in [-0.15, -0.1) is 0 Å². The highest BCUT2D eigenvalue weighted by Gasteiger charge is 2.30. The van der Waals surface area contributed by atoms with Crippen LogP contribution in [0.5, 0.6) is 0 Å². The molecule has 0 aromatic rings. The molecule has 2 atom stereocenters. The fraction of sp³-hybridized carbons (Fsp3) is 0.778. The first kappa shape index (κ1) is 11.0. The molecule has 1 rings (SSSR count). The van der Waals surface area contributed by atoms with E-state index in [0.717, 1.165) is 0 Å². The van der Waals surface area contributed by atoms with Gasteiger partial charge in [0.1, 0.15) is 0 Å². The second kappa shape index (κ2) is 4.41. The number of nitrogens with zero attached hydrogens (tertiary/aromatic N) is 1. The monoisotopic (exact) mass is 200 g/mol. The summed E-state index contributed by atoms with van der Waals surface area (Å²) in [6.45, 7) is 2.64. The maximum absolute atomic E-state index is 11.5. The second-order valence-electron chi connectivity index (χ2n) is 3.84. The molecule has 0 saturated carbocycles. The van der Waals surface area contributed by atoms with Gasteiger partial charge in [-0.2, -0.15) is 0 Å². The number of hydrogen-bond acceptors (Lipinski definition) is 3. The number of carbonyl (C=O) groups excluding carboxylic acids is 1.